The Balaban J connectivity index is 2.09. The Kier molecular flexibility index (Phi) is 7.96. The van der Waals surface area contributed by atoms with Crippen molar-refractivity contribution >= 4 is 29.5 Å². The third-order valence-electron chi connectivity index (χ3n) is 2.45. The average Bonchev–Trinajstić information content (AvgIpc) is 2.45. The minimum atomic E-state index is -0.875. The molecule has 0 aliphatic rings. The Hall–Kier alpha value is -2.02. The van der Waals surface area contributed by atoms with Crippen LogP contribution >= 0.6 is 11.8 Å². The molecule has 0 spiro atoms. The maximum absolute atomic E-state index is 11.6. The summed E-state index contributed by atoms with van der Waals surface area (Å²) in [7, 11) is 0. The number of carbonyl (C=O) groups excluding carboxylic acids is 2. The van der Waals surface area contributed by atoms with Crippen LogP contribution in [0.3, 0.4) is 0 Å². The van der Waals surface area contributed by atoms with Crippen LogP contribution in [0.1, 0.15) is 5.56 Å². The first-order valence-electron chi connectivity index (χ1n) is 6.45. The van der Waals surface area contributed by atoms with E-state index < -0.39 is 5.97 Å². The van der Waals surface area contributed by atoms with Gasteiger partial charge in [0.1, 0.15) is 0 Å². The lowest BCUT2D eigenvalue weighted by molar-refractivity contribution is -0.134. The van der Waals surface area contributed by atoms with Crippen LogP contribution in [0.5, 0.6) is 0 Å². The van der Waals surface area contributed by atoms with Crippen LogP contribution in [-0.2, 0) is 20.8 Å². The molecule has 0 fully saturated rings. The second kappa shape index (κ2) is 9.82. The average molecular weight is 310 g/mol. The van der Waals surface area contributed by atoms with Crippen molar-refractivity contribution in [3.8, 4) is 0 Å². The summed E-state index contributed by atoms with van der Waals surface area (Å²) in [6, 6.07) is 9.27. The van der Waals surface area contributed by atoms with Gasteiger partial charge in [-0.05, 0) is 5.56 Å². The zero-order chi connectivity index (χ0) is 15.5. The molecule has 21 heavy (non-hydrogen) atoms. The molecule has 6 nitrogen and oxygen atoms in total. The molecule has 0 unspecified atom stereocenters. The number of hydrogen-bond acceptors (Lipinski definition) is 4. The molecule has 3 N–H and O–H groups in total. The number of carboxylic acids is 1. The molecule has 0 saturated heterocycles. The molecule has 0 radical (unpaired) electrons. The third kappa shape index (κ3) is 8.69. The summed E-state index contributed by atoms with van der Waals surface area (Å²) in [6.07, 6.45) is 0.239. The van der Waals surface area contributed by atoms with Gasteiger partial charge in [-0.15, -0.1) is 11.8 Å². The molecule has 1 aromatic rings. The summed E-state index contributed by atoms with van der Waals surface area (Å²) in [6.45, 7) is 0.306. The highest BCUT2D eigenvalue weighted by Gasteiger charge is 2.06. The van der Waals surface area contributed by atoms with Gasteiger partial charge in [-0.3, -0.25) is 14.4 Å². The van der Waals surface area contributed by atoms with Crippen LogP contribution < -0.4 is 10.6 Å². The summed E-state index contributed by atoms with van der Waals surface area (Å²) >= 11 is 1.23. The van der Waals surface area contributed by atoms with Gasteiger partial charge < -0.3 is 15.7 Å². The van der Waals surface area contributed by atoms with Crippen molar-refractivity contribution in [1.82, 2.24) is 10.6 Å². The number of aliphatic carboxylic acids is 1. The first-order valence-corrected chi connectivity index (χ1v) is 7.60. The Morgan fingerprint density at radius 2 is 1.76 bits per heavy atom. The van der Waals surface area contributed by atoms with Gasteiger partial charge in [0, 0.05) is 12.3 Å². The number of benzene rings is 1. The number of amides is 2. The predicted octanol–water partition coefficient (Wildman–Crippen LogP) is 0.279. The van der Waals surface area contributed by atoms with Crippen molar-refractivity contribution in [2.45, 2.75) is 6.42 Å². The number of hydrogen-bond donors (Lipinski definition) is 3. The number of carboxylic acid groups (broad SMARTS) is 1. The minimum absolute atomic E-state index is 0.0175. The fraction of sp³-hybridized carbons (Fsp3) is 0.357. The van der Waals surface area contributed by atoms with E-state index in [9.17, 15) is 14.4 Å². The third-order valence-corrected chi connectivity index (χ3v) is 3.39. The number of thioether (sulfide) groups is 1. The number of carbonyl (C=O) groups is 3. The highest BCUT2D eigenvalue weighted by atomic mass is 32.2. The lowest BCUT2D eigenvalue weighted by Crippen LogP contribution is -2.38. The van der Waals surface area contributed by atoms with E-state index >= 15 is 0 Å². The summed E-state index contributed by atoms with van der Waals surface area (Å²) in [4.78, 5) is 33.3. The smallest absolute Gasteiger partial charge is 0.313 e. The van der Waals surface area contributed by atoms with E-state index in [1.54, 1.807) is 0 Å². The molecule has 1 aromatic carbocycles. The quantitative estimate of drug-likeness (QED) is 0.569. The maximum atomic E-state index is 11.6. The first-order chi connectivity index (χ1) is 10.1. The Bertz CT molecular complexity index is 479. The Morgan fingerprint density at radius 3 is 2.43 bits per heavy atom. The van der Waals surface area contributed by atoms with Crippen LogP contribution in [-0.4, -0.2) is 47.5 Å². The second-order valence-electron chi connectivity index (χ2n) is 4.24. The van der Waals surface area contributed by atoms with Gasteiger partial charge in [-0.2, -0.15) is 0 Å². The van der Waals surface area contributed by atoms with Gasteiger partial charge in [0.25, 0.3) is 0 Å². The van der Waals surface area contributed by atoms with Gasteiger partial charge in [0.15, 0.2) is 0 Å². The molecule has 0 aliphatic heterocycles. The van der Waals surface area contributed by atoms with Crippen LogP contribution in [0.25, 0.3) is 0 Å². The molecule has 2 amide bonds. The maximum Gasteiger partial charge on any atom is 0.313 e. The molecule has 0 atom stereocenters. The van der Waals surface area contributed by atoms with Crippen LogP contribution in [0.15, 0.2) is 30.3 Å². The lowest BCUT2D eigenvalue weighted by Gasteiger charge is -2.06. The molecule has 0 saturated carbocycles. The second-order valence-corrected chi connectivity index (χ2v) is 5.34. The summed E-state index contributed by atoms with van der Waals surface area (Å²) in [5.41, 5.74) is 0.889. The standard InChI is InChI=1S/C14H18N2O4S/c17-12(8-11-4-2-1-3-5-11)16-9-13(18)15-6-7-21-10-14(19)20/h1-5H,6-10H2,(H,15,18)(H,16,17)(H,19,20). The van der Waals surface area contributed by atoms with Gasteiger partial charge in [0.05, 0.1) is 18.7 Å². The molecule has 0 bridgehead atoms. The number of rotatable bonds is 9. The molecule has 1 rings (SSSR count). The minimum Gasteiger partial charge on any atom is -0.481 e. The number of nitrogens with one attached hydrogen (secondary N) is 2. The largest absolute Gasteiger partial charge is 0.481 e. The Labute approximate surface area is 127 Å². The highest BCUT2D eigenvalue weighted by Crippen LogP contribution is 1.99. The molecular formula is C14H18N2O4S. The molecular weight excluding hydrogens is 292 g/mol. The molecule has 114 valence electrons. The molecule has 0 aromatic heterocycles. The lowest BCUT2D eigenvalue weighted by atomic mass is 10.1. The normalized spacial score (nSPS) is 9.90. The summed E-state index contributed by atoms with van der Waals surface area (Å²) in [5, 5.41) is 13.6. The van der Waals surface area contributed by atoms with E-state index in [0.29, 0.717) is 12.3 Å². The van der Waals surface area contributed by atoms with Crippen molar-refractivity contribution in [2.24, 2.45) is 0 Å². The van der Waals surface area contributed by atoms with E-state index in [4.69, 9.17) is 5.11 Å². The fourth-order valence-electron chi connectivity index (χ4n) is 1.51. The van der Waals surface area contributed by atoms with E-state index in [0.717, 1.165) is 5.56 Å². The predicted molar refractivity (Wildman–Crippen MR) is 81.1 cm³/mol. The van der Waals surface area contributed by atoms with Crippen LogP contribution in [0, 0.1) is 0 Å². The SMILES string of the molecule is O=C(O)CSCCNC(=O)CNC(=O)Cc1ccccc1. The monoisotopic (exact) mass is 310 g/mol. The highest BCUT2D eigenvalue weighted by molar-refractivity contribution is 7.99. The Morgan fingerprint density at radius 1 is 1.05 bits per heavy atom. The van der Waals surface area contributed by atoms with E-state index in [1.165, 1.54) is 11.8 Å². The molecule has 0 aliphatic carbocycles. The summed E-state index contributed by atoms with van der Waals surface area (Å²) in [5.74, 6) is -0.830. The van der Waals surface area contributed by atoms with Gasteiger partial charge >= 0.3 is 5.97 Å². The van der Waals surface area contributed by atoms with E-state index in [1.807, 2.05) is 30.3 Å². The molecule has 7 heteroatoms. The van der Waals surface area contributed by atoms with Crippen molar-refractivity contribution < 1.29 is 19.5 Å². The van der Waals surface area contributed by atoms with Crippen molar-refractivity contribution in [2.75, 3.05) is 24.6 Å². The van der Waals surface area contributed by atoms with Crippen molar-refractivity contribution in [1.29, 1.82) is 0 Å². The zero-order valence-corrected chi connectivity index (χ0v) is 12.3. The zero-order valence-electron chi connectivity index (χ0n) is 11.5. The topological polar surface area (TPSA) is 95.5 Å². The van der Waals surface area contributed by atoms with Crippen molar-refractivity contribution in [3.05, 3.63) is 35.9 Å². The fourth-order valence-corrected chi connectivity index (χ4v) is 2.07. The van der Waals surface area contributed by atoms with E-state index in [2.05, 4.69) is 10.6 Å². The van der Waals surface area contributed by atoms with Crippen LogP contribution in [0.4, 0.5) is 0 Å². The van der Waals surface area contributed by atoms with Gasteiger partial charge in [-0.25, -0.2) is 0 Å². The van der Waals surface area contributed by atoms with Crippen LogP contribution in [0.2, 0.25) is 0 Å². The molecule has 0 heterocycles. The van der Waals surface area contributed by atoms with Gasteiger partial charge in [0.2, 0.25) is 11.8 Å². The van der Waals surface area contributed by atoms with Gasteiger partial charge in [-0.1, -0.05) is 30.3 Å². The van der Waals surface area contributed by atoms with E-state index in [-0.39, 0.29) is 30.5 Å². The van der Waals surface area contributed by atoms with Crippen molar-refractivity contribution in [3.63, 3.8) is 0 Å². The first kappa shape index (κ1) is 17.0. The summed E-state index contributed by atoms with van der Waals surface area (Å²) < 4.78 is 0.